The van der Waals surface area contributed by atoms with Crippen LogP contribution in [0.3, 0.4) is 0 Å². The van der Waals surface area contributed by atoms with Crippen molar-refractivity contribution in [3.8, 4) is 0 Å². The number of aromatic nitrogens is 2. The molecule has 0 unspecified atom stereocenters. The fourth-order valence-electron chi connectivity index (χ4n) is 4.18. The van der Waals surface area contributed by atoms with Crippen LogP contribution in [0.4, 0.5) is 5.69 Å². The van der Waals surface area contributed by atoms with Gasteiger partial charge in [0.25, 0.3) is 11.8 Å². The first-order valence-corrected chi connectivity index (χ1v) is 11.2. The highest BCUT2D eigenvalue weighted by Gasteiger charge is 2.34. The van der Waals surface area contributed by atoms with Gasteiger partial charge in [-0.3, -0.25) is 29.4 Å². The first kappa shape index (κ1) is 22.6. The molecule has 0 bridgehead atoms. The zero-order chi connectivity index (χ0) is 23.4. The minimum atomic E-state index is -0.201. The number of aryl methyl sites for hydroxylation is 2. The summed E-state index contributed by atoms with van der Waals surface area (Å²) >= 11 is 0. The van der Waals surface area contributed by atoms with Gasteiger partial charge in [0.1, 0.15) is 0 Å². The first-order chi connectivity index (χ1) is 15.9. The van der Waals surface area contributed by atoms with Crippen molar-refractivity contribution >= 4 is 17.5 Å². The van der Waals surface area contributed by atoms with Crippen LogP contribution in [-0.4, -0.2) is 44.7 Å². The minimum absolute atomic E-state index is 0.201. The molecule has 3 heterocycles. The summed E-state index contributed by atoms with van der Waals surface area (Å²) in [5.74, 6) is -0.401. The minimum Gasteiger partial charge on any atom is -0.397 e. The molecule has 7 nitrogen and oxygen atoms in total. The van der Waals surface area contributed by atoms with E-state index in [1.54, 1.807) is 30.5 Å². The van der Waals surface area contributed by atoms with E-state index in [2.05, 4.69) is 27.9 Å². The highest BCUT2D eigenvalue weighted by atomic mass is 16.2. The number of hydrogen-bond donors (Lipinski definition) is 1. The number of nitrogens with zero attached hydrogens (tertiary/aromatic N) is 4. The number of amides is 2. The topological polar surface area (TPSA) is 92.4 Å². The van der Waals surface area contributed by atoms with E-state index in [9.17, 15) is 9.59 Å². The molecule has 2 amide bonds. The molecule has 7 heteroatoms. The second kappa shape index (κ2) is 9.92. The number of hydrogen-bond acceptors (Lipinski definition) is 6. The molecular weight excluding hydrogens is 414 g/mol. The molecule has 0 saturated heterocycles. The lowest BCUT2D eigenvalue weighted by Crippen LogP contribution is -2.31. The molecule has 2 N–H and O–H groups in total. The molecule has 170 valence electrons. The lowest BCUT2D eigenvalue weighted by Gasteiger charge is -2.23. The van der Waals surface area contributed by atoms with Crippen molar-refractivity contribution in [1.82, 2.24) is 19.8 Å². The van der Waals surface area contributed by atoms with Crippen LogP contribution in [0.2, 0.25) is 0 Å². The van der Waals surface area contributed by atoms with Crippen LogP contribution in [0.1, 0.15) is 56.1 Å². The number of benzene rings is 1. The van der Waals surface area contributed by atoms with Crippen LogP contribution in [0.5, 0.6) is 0 Å². The molecule has 1 aliphatic rings. The normalized spacial score (nSPS) is 13.1. The molecule has 0 aliphatic carbocycles. The average molecular weight is 444 g/mol. The summed E-state index contributed by atoms with van der Waals surface area (Å²) in [4.78, 5) is 37.9. The zero-order valence-corrected chi connectivity index (χ0v) is 19.1. The number of unbranched alkanes of at least 4 members (excludes halogenated alkanes) is 1. The van der Waals surface area contributed by atoms with E-state index in [-0.39, 0.29) is 11.8 Å². The van der Waals surface area contributed by atoms with E-state index in [0.717, 1.165) is 41.9 Å². The van der Waals surface area contributed by atoms with Gasteiger partial charge in [0.15, 0.2) is 0 Å². The average Bonchev–Trinajstić information content (AvgIpc) is 3.04. The van der Waals surface area contributed by atoms with Crippen molar-refractivity contribution in [2.45, 2.75) is 39.8 Å². The Balaban J connectivity index is 1.39. The van der Waals surface area contributed by atoms with E-state index < -0.39 is 0 Å². The van der Waals surface area contributed by atoms with Gasteiger partial charge in [0, 0.05) is 32.0 Å². The maximum atomic E-state index is 12.6. The third-order valence-electron chi connectivity index (χ3n) is 5.98. The van der Waals surface area contributed by atoms with Gasteiger partial charge in [-0.15, -0.1) is 0 Å². The Hall–Kier alpha value is -3.58. The van der Waals surface area contributed by atoms with E-state index in [0.29, 0.717) is 36.4 Å². The fourth-order valence-corrected chi connectivity index (χ4v) is 4.18. The van der Waals surface area contributed by atoms with E-state index >= 15 is 0 Å². The predicted molar refractivity (Wildman–Crippen MR) is 128 cm³/mol. The van der Waals surface area contributed by atoms with Crippen LogP contribution in [-0.2, 0) is 13.1 Å². The molecule has 0 radical (unpaired) electrons. The van der Waals surface area contributed by atoms with Crippen molar-refractivity contribution in [1.29, 1.82) is 0 Å². The first-order valence-electron chi connectivity index (χ1n) is 11.2. The van der Waals surface area contributed by atoms with Gasteiger partial charge >= 0.3 is 0 Å². The molecular formula is C26H29N5O2. The Morgan fingerprint density at radius 2 is 1.61 bits per heavy atom. The molecule has 0 spiro atoms. The van der Waals surface area contributed by atoms with Gasteiger partial charge in [0.2, 0.25) is 0 Å². The second-order valence-corrected chi connectivity index (χ2v) is 8.54. The maximum Gasteiger partial charge on any atom is 0.261 e. The summed E-state index contributed by atoms with van der Waals surface area (Å²) in [6.45, 7) is 6.58. The number of nitrogens with two attached hydrogens (primary N) is 1. The summed E-state index contributed by atoms with van der Waals surface area (Å²) in [5.41, 5.74) is 11.9. The number of imide groups is 1. The van der Waals surface area contributed by atoms with Gasteiger partial charge in [-0.05, 0) is 68.6 Å². The van der Waals surface area contributed by atoms with Gasteiger partial charge < -0.3 is 5.73 Å². The number of nitrogen functional groups attached to an aromatic ring is 1. The van der Waals surface area contributed by atoms with Crippen molar-refractivity contribution in [3.63, 3.8) is 0 Å². The zero-order valence-electron chi connectivity index (χ0n) is 19.1. The fraction of sp³-hybridized carbons (Fsp3) is 0.308. The van der Waals surface area contributed by atoms with Crippen molar-refractivity contribution in [3.05, 3.63) is 88.5 Å². The quantitative estimate of drug-likeness (QED) is 0.400. The van der Waals surface area contributed by atoms with Gasteiger partial charge in [-0.25, -0.2) is 0 Å². The largest absolute Gasteiger partial charge is 0.397 e. The number of carbonyl (C=O) groups is 2. The van der Waals surface area contributed by atoms with Crippen LogP contribution in [0, 0.1) is 13.8 Å². The smallest absolute Gasteiger partial charge is 0.261 e. The van der Waals surface area contributed by atoms with Crippen LogP contribution >= 0.6 is 0 Å². The highest BCUT2D eigenvalue weighted by molar-refractivity contribution is 6.21. The molecule has 1 aromatic carbocycles. The monoisotopic (exact) mass is 443 g/mol. The lowest BCUT2D eigenvalue weighted by molar-refractivity contribution is 0.0650. The lowest BCUT2D eigenvalue weighted by atomic mass is 10.1. The van der Waals surface area contributed by atoms with Gasteiger partial charge in [-0.1, -0.05) is 18.2 Å². The molecule has 1 aliphatic heterocycles. The third kappa shape index (κ3) is 5.09. The summed E-state index contributed by atoms with van der Waals surface area (Å²) in [5, 5.41) is 0. The maximum absolute atomic E-state index is 12.6. The van der Waals surface area contributed by atoms with Crippen molar-refractivity contribution in [2.24, 2.45) is 0 Å². The Morgan fingerprint density at radius 1 is 0.909 bits per heavy atom. The number of anilines is 1. The predicted octanol–water partition coefficient (Wildman–Crippen LogP) is 3.75. The SMILES string of the molecule is Cc1cnc(CN(CCCCN2C(=O)c3ccccc3C2=O)Cc2ncccc2N)c(C)c1. The highest BCUT2D eigenvalue weighted by Crippen LogP contribution is 2.23. The second-order valence-electron chi connectivity index (χ2n) is 8.54. The van der Waals surface area contributed by atoms with Crippen molar-refractivity contribution in [2.75, 3.05) is 18.8 Å². The van der Waals surface area contributed by atoms with Crippen LogP contribution in [0.15, 0.2) is 54.9 Å². The Morgan fingerprint density at radius 3 is 2.27 bits per heavy atom. The number of rotatable bonds is 9. The number of carbonyl (C=O) groups excluding carboxylic acids is 2. The molecule has 3 aromatic rings. The summed E-state index contributed by atoms with van der Waals surface area (Å²) in [6, 6.07) is 12.8. The summed E-state index contributed by atoms with van der Waals surface area (Å²) < 4.78 is 0. The van der Waals surface area contributed by atoms with Crippen LogP contribution < -0.4 is 5.73 Å². The van der Waals surface area contributed by atoms with E-state index in [4.69, 9.17) is 5.73 Å². The number of pyridine rings is 2. The molecule has 2 aromatic heterocycles. The van der Waals surface area contributed by atoms with Crippen LogP contribution in [0.25, 0.3) is 0 Å². The molecule has 0 fully saturated rings. The molecule has 0 atom stereocenters. The Bertz CT molecular complexity index is 1140. The molecule has 0 saturated carbocycles. The van der Waals surface area contributed by atoms with E-state index in [1.165, 1.54) is 4.90 Å². The molecule has 4 rings (SSSR count). The summed E-state index contributed by atoms with van der Waals surface area (Å²) in [7, 11) is 0. The van der Waals surface area contributed by atoms with Crippen molar-refractivity contribution < 1.29 is 9.59 Å². The Labute approximate surface area is 194 Å². The third-order valence-corrected chi connectivity index (χ3v) is 5.98. The number of fused-ring (bicyclic) bond motifs is 1. The molecule has 33 heavy (non-hydrogen) atoms. The van der Waals surface area contributed by atoms with Gasteiger partial charge in [-0.2, -0.15) is 0 Å². The van der Waals surface area contributed by atoms with Gasteiger partial charge in [0.05, 0.1) is 28.2 Å². The standard InChI is InChI=1S/C26H29N5O2/c1-18-14-19(2)23(29-15-18)16-30(17-24-22(27)10-7-11-28-24)12-5-6-13-31-25(32)20-8-3-4-9-21(20)26(31)33/h3-4,7-11,14-15H,5-6,12-13,16-17,27H2,1-2H3. The van der Waals surface area contributed by atoms with E-state index in [1.807, 2.05) is 25.3 Å². The Kier molecular flexibility index (Phi) is 6.79. The summed E-state index contributed by atoms with van der Waals surface area (Å²) in [6.07, 6.45) is 5.18.